The van der Waals surface area contributed by atoms with Crippen LogP contribution in [0.1, 0.15) is 74.8 Å². The molecule has 0 aliphatic carbocycles. The molecule has 9 heteroatoms. The maximum Gasteiger partial charge on any atom is 0.243 e. The van der Waals surface area contributed by atoms with Crippen LogP contribution < -0.4 is 26.0 Å². The van der Waals surface area contributed by atoms with Gasteiger partial charge in [0.25, 0.3) is 0 Å². The normalized spacial score (nSPS) is 13.3. The fourth-order valence-corrected chi connectivity index (χ4v) is 3.75. The quantitative estimate of drug-likeness (QED) is 0.0904. The second kappa shape index (κ2) is 23.8. The van der Waals surface area contributed by atoms with Crippen LogP contribution in [0, 0.1) is 0 Å². The molecule has 1 amide bonds. The molecule has 0 bridgehead atoms. The van der Waals surface area contributed by atoms with Crippen LogP contribution in [0.5, 0.6) is 5.75 Å². The average molecular weight is 628 g/mol. The largest absolute Gasteiger partial charge is 0.485 e. The second-order valence-electron chi connectivity index (χ2n) is 10.1. The van der Waals surface area contributed by atoms with Crippen molar-refractivity contribution in [3.8, 4) is 5.75 Å². The predicted molar refractivity (Wildman–Crippen MR) is 195 cm³/mol. The number of fused-ring (bicyclic) bond motifs is 1. The fraction of sp³-hybridized carbons (Fsp3) is 0.457. The molecule has 2 rings (SSSR count). The highest BCUT2D eigenvalue weighted by Crippen LogP contribution is 2.30. The van der Waals surface area contributed by atoms with E-state index in [1.165, 1.54) is 12.5 Å². The molecule has 1 aromatic carbocycles. The summed E-state index contributed by atoms with van der Waals surface area (Å²) in [5.74, 6) is 0.742. The van der Waals surface area contributed by atoms with Gasteiger partial charge in [0.1, 0.15) is 18.4 Å². The summed E-state index contributed by atoms with van der Waals surface area (Å²) in [5, 5.41) is 12.4. The molecular weight excluding hydrogens is 569 g/mol. The van der Waals surface area contributed by atoms with Crippen LogP contribution in [0.4, 0.5) is 5.69 Å². The predicted octanol–water partition coefficient (Wildman–Crippen LogP) is 7.09. The number of aliphatic imine (C=N–C) groups is 1. The van der Waals surface area contributed by atoms with Crippen LogP contribution in [0.3, 0.4) is 0 Å². The molecule has 1 aromatic rings. The Morgan fingerprint density at radius 2 is 1.84 bits per heavy atom. The third-order valence-electron chi connectivity index (χ3n) is 5.48. The maximum atomic E-state index is 12.5. The number of Topliss-reactive ketones (excluding diaryl/α,β-unsaturated/α-hetero) is 1. The number of amides is 1. The van der Waals surface area contributed by atoms with E-state index in [1.807, 2.05) is 54.5 Å². The Hall–Kier alpha value is -3.64. The molecular formula is C35H58N5O3P. The molecule has 0 fully saturated rings. The highest BCUT2D eigenvalue weighted by molar-refractivity contribution is 7.16. The van der Waals surface area contributed by atoms with Crippen LogP contribution in [0.2, 0.25) is 0 Å². The first-order valence-electron chi connectivity index (χ1n) is 15.3. The average Bonchev–Trinajstić information content (AvgIpc) is 3.00. The smallest absolute Gasteiger partial charge is 0.243 e. The minimum Gasteiger partial charge on any atom is -0.485 e. The summed E-state index contributed by atoms with van der Waals surface area (Å²) >= 11 is 0. The summed E-state index contributed by atoms with van der Waals surface area (Å²) in [5.41, 5.74) is 4.57. The van der Waals surface area contributed by atoms with Crippen molar-refractivity contribution in [1.29, 1.82) is 0 Å². The molecule has 2 atom stereocenters. The highest BCUT2D eigenvalue weighted by atomic mass is 31.0. The first-order valence-corrected chi connectivity index (χ1v) is 16.1. The SMILES string of the molecule is C=C(NC(CP)C(=O)NC(C)(C)C)/C(=C/C(=C/C)C(C)=O)N/C=C\C=NC.C=C1COc2ccc(CC)cc2N1.CC.CC. The number of aryl methyl sites for hydroxylation is 1. The first-order chi connectivity index (χ1) is 20.8. The van der Waals surface area contributed by atoms with E-state index in [0.717, 1.165) is 23.6 Å². The highest BCUT2D eigenvalue weighted by Gasteiger charge is 2.22. The van der Waals surface area contributed by atoms with Crippen molar-refractivity contribution in [2.24, 2.45) is 4.99 Å². The molecule has 44 heavy (non-hydrogen) atoms. The molecule has 8 nitrogen and oxygen atoms in total. The number of allylic oxidation sites excluding steroid dienone is 4. The molecule has 2 unspecified atom stereocenters. The van der Waals surface area contributed by atoms with Crippen molar-refractivity contribution < 1.29 is 14.3 Å². The van der Waals surface area contributed by atoms with Crippen molar-refractivity contribution in [3.05, 3.63) is 84.0 Å². The number of benzene rings is 1. The Morgan fingerprint density at radius 1 is 1.20 bits per heavy atom. The summed E-state index contributed by atoms with van der Waals surface area (Å²) in [4.78, 5) is 28.1. The van der Waals surface area contributed by atoms with E-state index < -0.39 is 6.04 Å². The van der Waals surface area contributed by atoms with Crippen LogP contribution >= 0.6 is 9.24 Å². The van der Waals surface area contributed by atoms with Gasteiger partial charge in [-0.2, -0.15) is 0 Å². The zero-order valence-corrected chi connectivity index (χ0v) is 30.1. The van der Waals surface area contributed by atoms with Gasteiger partial charge in [-0.05, 0) is 77.0 Å². The van der Waals surface area contributed by atoms with Crippen molar-refractivity contribution in [3.63, 3.8) is 0 Å². The number of nitrogens with zero attached hydrogens (tertiary/aromatic N) is 1. The molecule has 0 spiro atoms. The molecule has 0 saturated carbocycles. The van der Waals surface area contributed by atoms with Crippen molar-refractivity contribution in [2.75, 3.05) is 25.1 Å². The van der Waals surface area contributed by atoms with Gasteiger partial charge in [0.15, 0.2) is 5.78 Å². The number of hydrogen-bond donors (Lipinski definition) is 4. The number of anilines is 1. The summed E-state index contributed by atoms with van der Waals surface area (Å²) in [6.07, 6.45) is 10.0. The van der Waals surface area contributed by atoms with Gasteiger partial charge in [-0.3, -0.25) is 14.6 Å². The van der Waals surface area contributed by atoms with Gasteiger partial charge in [0.2, 0.25) is 5.91 Å². The van der Waals surface area contributed by atoms with Gasteiger partial charge in [-0.1, -0.05) is 59.9 Å². The molecule has 1 aliphatic heterocycles. The number of carbonyl (C=O) groups is 2. The van der Waals surface area contributed by atoms with Gasteiger partial charge in [0, 0.05) is 36.3 Å². The Morgan fingerprint density at radius 3 is 2.34 bits per heavy atom. The maximum absolute atomic E-state index is 12.5. The summed E-state index contributed by atoms with van der Waals surface area (Å²) in [6.45, 7) is 27.7. The number of ketones is 1. The van der Waals surface area contributed by atoms with Crippen LogP contribution in [-0.4, -0.2) is 49.3 Å². The first kappa shape index (κ1) is 42.5. The Labute approximate surface area is 269 Å². The summed E-state index contributed by atoms with van der Waals surface area (Å²) in [7, 11) is 4.24. The topological polar surface area (TPSA) is 104 Å². The van der Waals surface area contributed by atoms with Gasteiger partial charge in [0.05, 0.1) is 17.1 Å². The van der Waals surface area contributed by atoms with Crippen LogP contribution in [0.25, 0.3) is 0 Å². The summed E-state index contributed by atoms with van der Waals surface area (Å²) < 4.78 is 5.47. The summed E-state index contributed by atoms with van der Waals surface area (Å²) in [6, 6.07) is 5.74. The third-order valence-corrected chi connectivity index (χ3v) is 5.95. The van der Waals surface area contributed by atoms with Crippen LogP contribution in [0.15, 0.2) is 83.4 Å². The second-order valence-corrected chi connectivity index (χ2v) is 10.6. The monoisotopic (exact) mass is 627 g/mol. The minimum absolute atomic E-state index is 0.0585. The van der Waals surface area contributed by atoms with Crippen molar-refractivity contribution in [1.82, 2.24) is 16.0 Å². The number of hydrogen-bond acceptors (Lipinski definition) is 7. The number of ether oxygens (including phenoxy) is 1. The van der Waals surface area contributed by atoms with E-state index >= 15 is 0 Å². The zero-order chi connectivity index (χ0) is 34.3. The van der Waals surface area contributed by atoms with E-state index in [4.69, 9.17) is 4.74 Å². The van der Waals surface area contributed by atoms with Gasteiger partial charge < -0.3 is 26.0 Å². The number of carbonyl (C=O) groups excluding carboxylic acids is 2. The molecule has 1 aliphatic rings. The van der Waals surface area contributed by atoms with Crippen molar-refractivity contribution in [2.45, 2.75) is 87.2 Å². The van der Waals surface area contributed by atoms with E-state index in [1.54, 1.807) is 44.6 Å². The Balaban J connectivity index is 0. The van der Waals surface area contributed by atoms with Gasteiger partial charge in [-0.15, -0.1) is 9.24 Å². The van der Waals surface area contributed by atoms with Crippen molar-refractivity contribution >= 4 is 32.8 Å². The lowest BCUT2D eigenvalue weighted by Gasteiger charge is -2.26. The standard InChI is InChI=1S/C20H33N4O2P.C11H13NO.2C2H6/c1-8-16(15(3)25)12-17(22-11-9-10-21-7)14(2)23-18(13-27)19(26)24-20(4,5)6;1-3-9-4-5-11-10(6-9)12-8(2)7-13-11;2*1-2/h8-12,18,22-23H,2,13,27H2,1,3-7H3,(H,24,26);4-6,12H,2-3,7H2,1H3;2*1-2H3/b11-9-,16-8-,17-12-,21-10?;;;. The Kier molecular flexibility index (Phi) is 23.0. The van der Waals surface area contributed by atoms with E-state index in [0.29, 0.717) is 29.7 Å². The molecule has 0 saturated heterocycles. The molecule has 0 aromatic heterocycles. The molecule has 0 radical (unpaired) electrons. The third kappa shape index (κ3) is 17.5. The van der Waals surface area contributed by atoms with Gasteiger partial charge in [-0.25, -0.2) is 0 Å². The number of nitrogens with one attached hydrogen (secondary N) is 4. The van der Waals surface area contributed by atoms with E-state index in [-0.39, 0.29) is 17.2 Å². The Bertz CT molecular complexity index is 1180. The van der Waals surface area contributed by atoms with E-state index in [2.05, 4.69) is 67.7 Å². The lowest BCUT2D eigenvalue weighted by molar-refractivity contribution is -0.123. The number of rotatable bonds is 11. The molecule has 4 N–H and O–H groups in total. The molecule has 246 valence electrons. The van der Waals surface area contributed by atoms with Gasteiger partial charge >= 0.3 is 0 Å². The van der Waals surface area contributed by atoms with E-state index in [9.17, 15) is 9.59 Å². The lowest BCUT2D eigenvalue weighted by atomic mass is 10.1. The van der Waals surface area contributed by atoms with Crippen LogP contribution in [-0.2, 0) is 16.0 Å². The zero-order valence-electron chi connectivity index (χ0n) is 29.0. The fourth-order valence-electron chi connectivity index (χ4n) is 3.41. The minimum atomic E-state index is -0.473. The molecule has 1 heterocycles. The lowest BCUT2D eigenvalue weighted by Crippen LogP contribution is -2.51.